The highest BCUT2D eigenvalue weighted by atomic mass is 35.5. The molecule has 2 N–H and O–H groups in total. The van der Waals surface area contributed by atoms with E-state index in [0.717, 1.165) is 44.5 Å². The van der Waals surface area contributed by atoms with Gasteiger partial charge in [-0.15, -0.1) is 10.2 Å². The first-order chi connectivity index (χ1) is 16.5. The van der Waals surface area contributed by atoms with Gasteiger partial charge in [0, 0.05) is 46.3 Å². The van der Waals surface area contributed by atoms with Crippen LogP contribution < -0.4 is 14.8 Å². The molecule has 0 atom stereocenters. The molecule has 1 heterocycles. The fraction of sp³-hybridized carbons (Fsp3) is 0.115. The molecule has 0 saturated heterocycles. The SMILES string of the molecule is CC(=O)Nc1ccc(SNc2cccc(-c3ccc(OCCc4ccc(Cl)cc4)nn3)c2)cc1. The Kier molecular flexibility index (Phi) is 8.01. The monoisotopic (exact) mass is 490 g/mol. The Morgan fingerprint density at radius 2 is 1.74 bits per heavy atom. The number of benzene rings is 3. The topological polar surface area (TPSA) is 76.1 Å². The molecule has 1 amide bonds. The normalized spacial score (nSPS) is 10.5. The molecule has 3 aromatic carbocycles. The lowest BCUT2D eigenvalue weighted by Crippen LogP contribution is -2.05. The summed E-state index contributed by atoms with van der Waals surface area (Å²) >= 11 is 7.40. The van der Waals surface area contributed by atoms with Crippen molar-refractivity contribution in [1.82, 2.24) is 10.2 Å². The van der Waals surface area contributed by atoms with Gasteiger partial charge in [0.15, 0.2) is 0 Å². The van der Waals surface area contributed by atoms with Crippen molar-refractivity contribution in [3.8, 4) is 17.1 Å². The Morgan fingerprint density at radius 3 is 2.44 bits per heavy atom. The molecule has 0 unspecified atom stereocenters. The van der Waals surface area contributed by atoms with Crippen molar-refractivity contribution in [2.24, 2.45) is 0 Å². The van der Waals surface area contributed by atoms with Gasteiger partial charge in [0.2, 0.25) is 11.8 Å². The van der Waals surface area contributed by atoms with Gasteiger partial charge < -0.3 is 14.8 Å². The summed E-state index contributed by atoms with van der Waals surface area (Å²) < 4.78 is 9.06. The number of aromatic nitrogens is 2. The molecule has 0 aliphatic heterocycles. The number of carbonyl (C=O) groups excluding carboxylic acids is 1. The number of hydrogen-bond donors (Lipinski definition) is 2. The Morgan fingerprint density at radius 1 is 0.941 bits per heavy atom. The summed E-state index contributed by atoms with van der Waals surface area (Å²) in [6.45, 7) is 2.00. The van der Waals surface area contributed by atoms with E-state index in [0.29, 0.717) is 12.5 Å². The standard InChI is InChI=1S/C26H23ClN4O2S/c1-18(32)28-22-9-11-24(12-10-22)34-31-23-4-2-3-20(17-23)25-13-14-26(30-29-25)33-16-15-19-5-7-21(27)8-6-19/h2-14,17,31H,15-16H2,1H3,(H,28,32). The van der Waals surface area contributed by atoms with Gasteiger partial charge in [0.05, 0.1) is 12.3 Å². The summed E-state index contributed by atoms with van der Waals surface area (Å²) in [6, 6.07) is 27.1. The average molecular weight is 491 g/mol. The first-order valence-electron chi connectivity index (χ1n) is 10.7. The van der Waals surface area contributed by atoms with E-state index in [1.54, 1.807) is 0 Å². The minimum Gasteiger partial charge on any atom is -0.476 e. The quantitative estimate of drug-likeness (QED) is 0.261. The first-order valence-corrected chi connectivity index (χ1v) is 11.9. The zero-order chi connectivity index (χ0) is 23.8. The van der Waals surface area contributed by atoms with Crippen LogP contribution in [0.15, 0.2) is 89.8 Å². The number of carbonyl (C=O) groups is 1. The number of nitrogens with one attached hydrogen (secondary N) is 2. The largest absolute Gasteiger partial charge is 0.476 e. The molecule has 0 saturated carbocycles. The van der Waals surface area contributed by atoms with Crippen LogP contribution in [0.2, 0.25) is 5.02 Å². The van der Waals surface area contributed by atoms with Crippen LogP contribution in [0.3, 0.4) is 0 Å². The number of ether oxygens (including phenoxy) is 1. The number of anilines is 2. The second kappa shape index (κ2) is 11.5. The second-order valence-corrected chi connectivity index (χ2v) is 8.79. The summed E-state index contributed by atoms with van der Waals surface area (Å²) in [5.74, 6) is 0.404. The van der Waals surface area contributed by atoms with Crippen LogP contribution in [0, 0.1) is 0 Å². The molecule has 0 aliphatic carbocycles. The van der Waals surface area contributed by atoms with E-state index in [-0.39, 0.29) is 5.91 Å². The van der Waals surface area contributed by atoms with Crippen LogP contribution >= 0.6 is 23.5 Å². The van der Waals surface area contributed by atoms with Crippen molar-refractivity contribution in [2.75, 3.05) is 16.6 Å². The van der Waals surface area contributed by atoms with Crippen molar-refractivity contribution in [1.29, 1.82) is 0 Å². The smallest absolute Gasteiger partial charge is 0.233 e. The van der Waals surface area contributed by atoms with Gasteiger partial charge in [-0.1, -0.05) is 35.9 Å². The van der Waals surface area contributed by atoms with Gasteiger partial charge in [-0.3, -0.25) is 4.79 Å². The Hall–Kier alpha value is -3.55. The molecule has 8 heteroatoms. The van der Waals surface area contributed by atoms with Gasteiger partial charge in [0.1, 0.15) is 0 Å². The molecule has 1 aromatic heterocycles. The summed E-state index contributed by atoms with van der Waals surface area (Å²) in [5.41, 5.74) is 4.58. The minimum atomic E-state index is -0.0871. The highest BCUT2D eigenvalue weighted by Crippen LogP contribution is 2.26. The van der Waals surface area contributed by atoms with E-state index in [4.69, 9.17) is 16.3 Å². The number of nitrogens with zero attached hydrogens (tertiary/aromatic N) is 2. The van der Waals surface area contributed by atoms with Crippen molar-refractivity contribution in [3.63, 3.8) is 0 Å². The van der Waals surface area contributed by atoms with E-state index in [1.165, 1.54) is 18.9 Å². The Bertz CT molecular complexity index is 1230. The van der Waals surface area contributed by atoms with E-state index in [2.05, 4.69) is 20.2 Å². The van der Waals surface area contributed by atoms with Gasteiger partial charge in [-0.2, -0.15) is 0 Å². The predicted octanol–water partition coefficient (Wildman–Crippen LogP) is 6.50. The van der Waals surface area contributed by atoms with Gasteiger partial charge >= 0.3 is 0 Å². The van der Waals surface area contributed by atoms with Crippen LogP contribution in [-0.4, -0.2) is 22.7 Å². The minimum absolute atomic E-state index is 0.0871. The highest BCUT2D eigenvalue weighted by molar-refractivity contribution is 8.00. The fourth-order valence-corrected chi connectivity index (χ4v) is 3.91. The zero-order valence-corrected chi connectivity index (χ0v) is 20.1. The molecule has 4 rings (SSSR count). The number of hydrogen-bond acceptors (Lipinski definition) is 6. The maximum atomic E-state index is 11.1. The van der Waals surface area contributed by atoms with E-state index in [1.807, 2.05) is 84.9 Å². The van der Waals surface area contributed by atoms with Gasteiger partial charge in [0.25, 0.3) is 0 Å². The maximum absolute atomic E-state index is 11.1. The Balaban J connectivity index is 1.31. The lowest BCUT2D eigenvalue weighted by atomic mass is 10.1. The summed E-state index contributed by atoms with van der Waals surface area (Å²) in [7, 11) is 0. The number of halogens is 1. The van der Waals surface area contributed by atoms with E-state index < -0.39 is 0 Å². The third kappa shape index (κ3) is 6.97. The lowest BCUT2D eigenvalue weighted by Gasteiger charge is -2.09. The van der Waals surface area contributed by atoms with Crippen LogP contribution in [0.5, 0.6) is 5.88 Å². The molecule has 172 valence electrons. The third-order valence-corrected chi connectivity index (χ3v) is 5.91. The lowest BCUT2D eigenvalue weighted by molar-refractivity contribution is -0.114. The second-order valence-electron chi connectivity index (χ2n) is 7.47. The molecule has 34 heavy (non-hydrogen) atoms. The third-order valence-electron chi connectivity index (χ3n) is 4.81. The van der Waals surface area contributed by atoms with Crippen LogP contribution in [0.25, 0.3) is 11.3 Å². The molecule has 4 aromatic rings. The van der Waals surface area contributed by atoms with Crippen molar-refractivity contribution < 1.29 is 9.53 Å². The van der Waals surface area contributed by atoms with Gasteiger partial charge in [-0.25, -0.2) is 0 Å². The molecule has 0 aliphatic rings. The fourth-order valence-electron chi connectivity index (χ4n) is 3.14. The highest BCUT2D eigenvalue weighted by Gasteiger charge is 2.05. The number of amides is 1. The number of rotatable bonds is 9. The van der Waals surface area contributed by atoms with Crippen LogP contribution in [0.4, 0.5) is 11.4 Å². The molecule has 6 nitrogen and oxygen atoms in total. The van der Waals surface area contributed by atoms with E-state index >= 15 is 0 Å². The summed E-state index contributed by atoms with van der Waals surface area (Å²) in [5, 5.41) is 12.0. The summed E-state index contributed by atoms with van der Waals surface area (Å²) in [4.78, 5) is 12.2. The Labute approximate surface area is 207 Å². The average Bonchev–Trinajstić information content (AvgIpc) is 2.85. The summed E-state index contributed by atoms with van der Waals surface area (Å²) in [6.07, 6.45) is 0.766. The maximum Gasteiger partial charge on any atom is 0.233 e. The van der Waals surface area contributed by atoms with E-state index in [9.17, 15) is 4.79 Å². The molecule has 0 fully saturated rings. The van der Waals surface area contributed by atoms with Gasteiger partial charge in [-0.05, 0) is 72.1 Å². The van der Waals surface area contributed by atoms with Crippen LogP contribution in [-0.2, 0) is 11.2 Å². The first kappa shape index (κ1) is 23.6. The molecule has 0 bridgehead atoms. The molecule has 0 radical (unpaired) electrons. The van der Waals surface area contributed by atoms with Crippen LogP contribution in [0.1, 0.15) is 12.5 Å². The molecular weight excluding hydrogens is 468 g/mol. The van der Waals surface area contributed by atoms with Crippen molar-refractivity contribution in [2.45, 2.75) is 18.2 Å². The van der Waals surface area contributed by atoms with Crippen molar-refractivity contribution >= 4 is 40.8 Å². The molecule has 0 spiro atoms. The molecular formula is C26H23ClN4O2S. The predicted molar refractivity (Wildman–Crippen MR) is 138 cm³/mol. The van der Waals surface area contributed by atoms with Crippen molar-refractivity contribution in [3.05, 3.63) is 95.5 Å². The zero-order valence-electron chi connectivity index (χ0n) is 18.5.